The second-order valence-corrected chi connectivity index (χ2v) is 53.7. The average Bonchev–Trinajstić information content (AvgIpc) is 3.32. The Bertz CT molecular complexity index is 1220. The van der Waals surface area contributed by atoms with Gasteiger partial charge in [0.15, 0.2) is 0 Å². The van der Waals surface area contributed by atoms with Crippen molar-refractivity contribution >= 4 is 43.4 Å². The van der Waals surface area contributed by atoms with Crippen LogP contribution in [0.3, 0.4) is 0 Å². The second-order valence-electron chi connectivity index (χ2n) is 9.82. The first kappa shape index (κ1) is 24.4. The molecule has 0 radical (unpaired) electrons. The summed E-state index contributed by atoms with van der Waals surface area (Å²) in [5.74, 6) is 0. The van der Waals surface area contributed by atoms with Gasteiger partial charge in [-0.2, -0.15) is 0 Å². The van der Waals surface area contributed by atoms with Crippen LogP contribution in [-0.2, 0) is 23.5 Å². The van der Waals surface area contributed by atoms with Crippen molar-refractivity contribution in [3.8, 4) is 0 Å². The van der Waals surface area contributed by atoms with E-state index in [1.54, 1.807) is 11.1 Å². The number of halogens is 2. The van der Waals surface area contributed by atoms with Gasteiger partial charge in [-0.3, -0.25) is 0 Å². The summed E-state index contributed by atoms with van der Waals surface area (Å²) >= 11 is -3.35. The zero-order valence-electron chi connectivity index (χ0n) is 18.1. The minimum absolute atomic E-state index is 0. The average molecular weight is 632 g/mol. The number of rotatable bonds is 4. The van der Waals surface area contributed by atoms with Crippen molar-refractivity contribution in [1.82, 2.24) is 0 Å². The van der Waals surface area contributed by atoms with Gasteiger partial charge in [0, 0.05) is 0 Å². The van der Waals surface area contributed by atoms with Crippen LogP contribution in [0.1, 0.15) is 35.2 Å². The molecule has 5 rings (SSSR count). The van der Waals surface area contributed by atoms with Gasteiger partial charge in [-0.15, -0.1) is 24.8 Å². The van der Waals surface area contributed by atoms with E-state index in [4.69, 9.17) is 0 Å². The van der Waals surface area contributed by atoms with Gasteiger partial charge in [-0.05, 0) is 0 Å². The quantitative estimate of drug-likeness (QED) is 0.265. The minimum atomic E-state index is -3.35. The second kappa shape index (κ2) is 8.98. The summed E-state index contributed by atoms with van der Waals surface area (Å²) in [7, 11) is 0. The molecule has 0 N–H and O–H groups in total. The first-order chi connectivity index (χ1) is 13.9. The third kappa shape index (κ3) is 4.25. The number of hydrogen-bond donors (Lipinski definition) is 0. The van der Waals surface area contributed by atoms with Crippen LogP contribution in [0.15, 0.2) is 91.0 Å². The van der Waals surface area contributed by atoms with Crippen molar-refractivity contribution < 1.29 is 17.1 Å². The van der Waals surface area contributed by atoms with E-state index in [1.807, 2.05) is 0 Å². The van der Waals surface area contributed by atoms with Gasteiger partial charge in [-0.1, -0.05) is 0 Å². The van der Waals surface area contributed by atoms with Crippen molar-refractivity contribution in [2.75, 3.05) is 0 Å². The van der Waals surface area contributed by atoms with Crippen molar-refractivity contribution in [2.24, 2.45) is 0 Å². The summed E-state index contributed by atoms with van der Waals surface area (Å²) in [6.07, 6.45) is 8.58. The maximum absolute atomic E-state index is 3.35. The molecule has 2 unspecified atom stereocenters. The number of allylic oxidation sites excluding steroid dienone is 3. The Morgan fingerprint density at radius 1 is 0.742 bits per heavy atom. The van der Waals surface area contributed by atoms with Crippen LogP contribution in [0.2, 0.25) is 9.36 Å². The first-order valence-corrected chi connectivity index (χ1v) is 30.3. The molecule has 2 aliphatic carbocycles. The van der Waals surface area contributed by atoms with E-state index in [9.17, 15) is 0 Å². The summed E-state index contributed by atoms with van der Waals surface area (Å²) in [5, 5.41) is 0. The molecule has 0 fully saturated rings. The molecule has 4 heteroatoms. The number of hydrogen-bond acceptors (Lipinski definition) is 0. The van der Waals surface area contributed by atoms with E-state index in [-0.39, 0.29) is 24.8 Å². The summed E-state index contributed by atoms with van der Waals surface area (Å²) < 4.78 is 6.60. The molecule has 3 aromatic carbocycles. The zero-order chi connectivity index (χ0) is 20.1. The molecule has 3 aromatic rings. The summed E-state index contributed by atoms with van der Waals surface area (Å²) in [6, 6.07) is 29.1. The molecule has 2 atom stereocenters. The fourth-order valence-corrected chi connectivity index (χ4v) is 27.0. The topological polar surface area (TPSA) is 0 Å². The van der Waals surface area contributed by atoms with E-state index in [0.29, 0.717) is 7.35 Å². The molecule has 0 amide bonds. The fourth-order valence-electron chi connectivity index (χ4n) is 5.47. The number of fused-ring (bicyclic) bond motifs is 2. The third-order valence-electron chi connectivity index (χ3n) is 7.09. The molecule has 0 heterocycles. The Hall–Kier alpha value is -1.19. The summed E-state index contributed by atoms with van der Waals surface area (Å²) in [6.45, 7) is 2.41. The van der Waals surface area contributed by atoms with Crippen molar-refractivity contribution in [1.29, 1.82) is 0 Å². The van der Waals surface area contributed by atoms with E-state index >= 15 is 0 Å². The predicted octanol–water partition coefficient (Wildman–Crippen LogP) is 7.31. The van der Waals surface area contributed by atoms with Crippen LogP contribution in [-0.4, -0.2) is 6.94 Å². The van der Waals surface area contributed by atoms with Crippen molar-refractivity contribution in [3.63, 3.8) is 0 Å². The van der Waals surface area contributed by atoms with Gasteiger partial charge >= 0.3 is 178 Å². The molecule has 0 nitrogen and oxygen atoms in total. The van der Waals surface area contributed by atoms with E-state index in [0.717, 1.165) is 6.42 Å². The number of benzene rings is 3. The molecular formula is C27H30Cl2HfSi. The van der Waals surface area contributed by atoms with Crippen LogP contribution in [0.5, 0.6) is 0 Å². The summed E-state index contributed by atoms with van der Waals surface area (Å²) in [4.78, 5) is 0. The third-order valence-corrected chi connectivity index (χ3v) is 32.5. The molecule has 31 heavy (non-hydrogen) atoms. The molecule has 0 aliphatic heterocycles. The molecular weight excluding hydrogens is 602 g/mol. The zero-order valence-corrected chi connectivity index (χ0v) is 24.8. The Morgan fingerprint density at radius 2 is 1.35 bits per heavy atom. The molecule has 0 aromatic heterocycles. The fraction of sp³-hybridized carbons (Fsp3) is 0.185. The molecule has 2 aliphatic rings. The standard InChI is InChI=1S/C16H13.C9H7.2CH3.2ClH.Hf.H2Si/c1-2-6-13(7-3-1)12-15-11-10-14-8-4-5-9-16(14)15;1-2-5-9-7-3-6-8(9)4-1;;;;;;/h1-11H,12H2;1-7H;2*1H3;2*1H;;1H2. The molecule has 0 saturated heterocycles. The monoisotopic (exact) mass is 632 g/mol. The Labute approximate surface area is 201 Å². The Kier molecular flexibility index (Phi) is 7.08. The van der Waals surface area contributed by atoms with E-state index in [1.165, 1.54) is 22.3 Å². The van der Waals surface area contributed by atoms with Crippen molar-refractivity contribution in [2.45, 2.75) is 23.1 Å². The Morgan fingerprint density at radius 3 is 2.10 bits per heavy atom. The van der Waals surface area contributed by atoms with Gasteiger partial charge in [0.1, 0.15) is 0 Å². The van der Waals surface area contributed by atoms with Crippen LogP contribution in [0.25, 0.3) is 11.6 Å². The Balaban J connectivity index is 0.00000136. The van der Waals surface area contributed by atoms with Gasteiger partial charge < -0.3 is 0 Å². The van der Waals surface area contributed by atoms with Gasteiger partial charge in [0.05, 0.1) is 0 Å². The maximum atomic E-state index is 2.69. The first-order valence-electron chi connectivity index (χ1n) is 10.6. The molecule has 0 spiro atoms. The van der Waals surface area contributed by atoms with E-state index in [2.05, 4.69) is 113 Å². The van der Waals surface area contributed by atoms with Gasteiger partial charge in [0.25, 0.3) is 0 Å². The van der Waals surface area contributed by atoms with Crippen LogP contribution in [0, 0.1) is 0 Å². The molecule has 160 valence electrons. The molecule has 0 saturated carbocycles. The van der Waals surface area contributed by atoms with Gasteiger partial charge in [0.2, 0.25) is 0 Å². The predicted molar refractivity (Wildman–Crippen MR) is 140 cm³/mol. The van der Waals surface area contributed by atoms with Gasteiger partial charge in [-0.25, -0.2) is 0 Å². The van der Waals surface area contributed by atoms with Crippen LogP contribution >= 0.6 is 24.8 Å². The molecule has 0 bridgehead atoms. The summed E-state index contributed by atoms with van der Waals surface area (Å²) in [5.41, 5.74) is 8.97. The van der Waals surface area contributed by atoms with Crippen LogP contribution < -0.4 is 0 Å². The van der Waals surface area contributed by atoms with Crippen molar-refractivity contribution in [3.05, 3.63) is 119 Å². The van der Waals surface area contributed by atoms with E-state index < -0.39 is 17.1 Å². The van der Waals surface area contributed by atoms with Crippen LogP contribution in [0.4, 0.5) is 0 Å². The SMILES string of the molecule is Cl.Cl.[CH3][Hf]([CH3])(=[SiH2])([CH]1C=Cc2ccccc21)[CH]1C=C(Cc2ccccc2)c2ccccc21. The normalized spacial score (nSPS) is 19.0.